The number of carbonyl (C=O) groups is 2. The highest BCUT2D eigenvalue weighted by molar-refractivity contribution is 5.95. The van der Waals surface area contributed by atoms with Gasteiger partial charge in [0.25, 0.3) is 5.91 Å². The number of nitrogens with one attached hydrogen (secondary N) is 2. The Balaban J connectivity index is 1.49. The number of nitrogens with zero attached hydrogens (tertiary/aromatic N) is 1. The number of hydrogen-bond donors (Lipinski definition) is 2. The highest BCUT2D eigenvalue weighted by atomic mass is 16.5. The Morgan fingerprint density at radius 3 is 2.21 bits per heavy atom. The van der Waals surface area contributed by atoms with E-state index in [1.165, 1.54) is 0 Å². The molecule has 0 unspecified atom stereocenters. The number of rotatable bonds is 12. The molecular formula is C28H33N3O3. The van der Waals surface area contributed by atoms with Crippen molar-refractivity contribution >= 4 is 23.2 Å². The van der Waals surface area contributed by atoms with Crippen LogP contribution < -0.4 is 15.4 Å². The van der Waals surface area contributed by atoms with Crippen LogP contribution in [0.1, 0.15) is 42.6 Å². The van der Waals surface area contributed by atoms with Crippen molar-refractivity contribution in [2.45, 2.75) is 33.3 Å². The van der Waals surface area contributed by atoms with Crippen molar-refractivity contribution in [1.82, 2.24) is 4.90 Å². The molecule has 0 aliphatic rings. The fraction of sp³-hybridized carbons (Fsp3) is 0.286. The molecule has 2 N–H and O–H groups in total. The van der Waals surface area contributed by atoms with Crippen LogP contribution in [0.4, 0.5) is 11.4 Å². The van der Waals surface area contributed by atoms with Gasteiger partial charge >= 0.3 is 0 Å². The smallest absolute Gasteiger partial charge is 0.253 e. The maximum Gasteiger partial charge on any atom is 0.253 e. The van der Waals surface area contributed by atoms with Crippen LogP contribution in [0.2, 0.25) is 0 Å². The summed E-state index contributed by atoms with van der Waals surface area (Å²) in [4.78, 5) is 27.0. The van der Waals surface area contributed by atoms with E-state index in [1.807, 2.05) is 65.6 Å². The Bertz CT molecular complexity index is 1050. The molecule has 0 fully saturated rings. The molecule has 0 saturated heterocycles. The first-order valence-electron chi connectivity index (χ1n) is 11.8. The molecule has 6 nitrogen and oxygen atoms in total. The summed E-state index contributed by atoms with van der Waals surface area (Å²) in [6, 6.07) is 24.5. The van der Waals surface area contributed by atoms with Gasteiger partial charge in [-0.25, -0.2) is 0 Å². The highest BCUT2D eigenvalue weighted by Gasteiger charge is 2.14. The maximum atomic E-state index is 12.7. The van der Waals surface area contributed by atoms with Gasteiger partial charge in [0.2, 0.25) is 5.91 Å². The van der Waals surface area contributed by atoms with Gasteiger partial charge in [0, 0.05) is 36.1 Å². The second-order valence-electron chi connectivity index (χ2n) is 8.07. The Labute approximate surface area is 201 Å². The Hall–Kier alpha value is -3.80. The van der Waals surface area contributed by atoms with Crippen LogP contribution in [-0.2, 0) is 11.4 Å². The second-order valence-corrected chi connectivity index (χ2v) is 8.07. The molecule has 2 amide bonds. The fourth-order valence-corrected chi connectivity index (χ4v) is 3.56. The van der Waals surface area contributed by atoms with Gasteiger partial charge in [-0.3, -0.25) is 9.59 Å². The van der Waals surface area contributed by atoms with Crippen molar-refractivity contribution in [3.05, 3.63) is 90.0 Å². The van der Waals surface area contributed by atoms with Gasteiger partial charge in [-0.15, -0.1) is 0 Å². The van der Waals surface area contributed by atoms with Crippen LogP contribution in [0.15, 0.2) is 78.9 Å². The van der Waals surface area contributed by atoms with Crippen molar-refractivity contribution in [2.75, 3.05) is 30.3 Å². The minimum Gasteiger partial charge on any atom is -0.489 e. The fourth-order valence-electron chi connectivity index (χ4n) is 3.56. The molecule has 34 heavy (non-hydrogen) atoms. The second kappa shape index (κ2) is 13.0. The van der Waals surface area contributed by atoms with E-state index >= 15 is 0 Å². The number of ether oxygens (including phenoxy) is 1. The van der Waals surface area contributed by atoms with Gasteiger partial charge in [0.15, 0.2) is 0 Å². The van der Waals surface area contributed by atoms with E-state index in [0.717, 1.165) is 37.2 Å². The van der Waals surface area contributed by atoms with Crippen molar-refractivity contribution in [3.8, 4) is 5.75 Å². The molecule has 0 spiro atoms. The third-order valence-electron chi connectivity index (χ3n) is 5.23. The zero-order valence-electron chi connectivity index (χ0n) is 19.9. The highest BCUT2D eigenvalue weighted by Crippen LogP contribution is 2.19. The monoisotopic (exact) mass is 459 g/mol. The van der Waals surface area contributed by atoms with Crippen LogP contribution in [0.3, 0.4) is 0 Å². The lowest BCUT2D eigenvalue weighted by Gasteiger charge is -2.21. The van der Waals surface area contributed by atoms with Crippen LogP contribution in [0, 0.1) is 0 Å². The molecule has 0 atom stereocenters. The predicted molar refractivity (Wildman–Crippen MR) is 137 cm³/mol. The molecule has 6 heteroatoms. The third kappa shape index (κ3) is 7.66. The van der Waals surface area contributed by atoms with Crippen molar-refractivity contribution in [3.63, 3.8) is 0 Å². The quantitative estimate of drug-likeness (QED) is 0.371. The maximum absolute atomic E-state index is 12.7. The summed E-state index contributed by atoms with van der Waals surface area (Å²) >= 11 is 0. The van der Waals surface area contributed by atoms with E-state index in [9.17, 15) is 9.59 Å². The van der Waals surface area contributed by atoms with Gasteiger partial charge < -0.3 is 20.3 Å². The van der Waals surface area contributed by atoms with E-state index < -0.39 is 0 Å². The standard InChI is InChI=1S/C28H33N3O3/c1-3-17-31(18-4-2)28(33)23-13-15-24(16-14-23)29-20-27(32)30-25-11-8-12-26(19-25)34-21-22-9-6-5-7-10-22/h5-16,19,29H,3-4,17-18,20-21H2,1-2H3,(H,30,32). The summed E-state index contributed by atoms with van der Waals surface area (Å²) in [5, 5.41) is 5.98. The van der Waals surface area contributed by atoms with Crippen LogP contribution in [-0.4, -0.2) is 36.3 Å². The molecular weight excluding hydrogens is 426 g/mol. The van der Waals surface area contributed by atoms with Crippen molar-refractivity contribution in [1.29, 1.82) is 0 Å². The molecule has 0 radical (unpaired) electrons. The summed E-state index contributed by atoms with van der Waals surface area (Å²) in [7, 11) is 0. The Morgan fingerprint density at radius 1 is 0.824 bits per heavy atom. The lowest BCUT2D eigenvalue weighted by atomic mass is 10.1. The zero-order valence-corrected chi connectivity index (χ0v) is 19.9. The number of hydrogen-bond acceptors (Lipinski definition) is 4. The van der Waals surface area contributed by atoms with E-state index in [-0.39, 0.29) is 18.4 Å². The predicted octanol–water partition coefficient (Wildman–Crippen LogP) is 5.58. The number of benzene rings is 3. The zero-order chi connectivity index (χ0) is 24.2. The molecule has 3 aromatic carbocycles. The van der Waals surface area contributed by atoms with E-state index in [1.54, 1.807) is 18.2 Å². The van der Waals surface area contributed by atoms with Gasteiger partial charge in [0.1, 0.15) is 12.4 Å². The Kier molecular flexibility index (Phi) is 9.52. The Morgan fingerprint density at radius 2 is 1.53 bits per heavy atom. The molecule has 0 aliphatic heterocycles. The minimum atomic E-state index is -0.169. The average Bonchev–Trinajstić information content (AvgIpc) is 2.87. The molecule has 0 aliphatic carbocycles. The molecule has 3 rings (SSSR count). The normalized spacial score (nSPS) is 10.4. The largest absolute Gasteiger partial charge is 0.489 e. The van der Waals surface area contributed by atoms with E-state index in [0.29, 0.717) is 23.6 Å². The molecule has 0 aromatic heterocycles. The number of anilines is 2. The molecule has 0 saturated carbocycles. The average molecular weight is 460 g/mol. The van der Waals surface area contributed by atoms with Gasteiger partial charge in [-0.05, 0) is 54.8 Å². The summed E-state index contributed by atoms with van der Waals surface area (Å²) in [6.07, 6.45) is 1.87. The van der Waals surface area contributed by atoms with Gasteiger partial charge in [0.05, 0.1) is 6.54 Å². The first-order valence-corrected chi connectivity index (χ1v) is 11.8. The van der Waals surface area contributed by atoms with Crippen LogP contribution in [0.5, 0.6) is 5.75 Å². The minimum absolute atomic E-state index is 0.0439. The van der Waals surface area contributed by atoms with Crippen LogP contribution in [0.25, 0.3) is 0 Å². The summed E-state index contributed by atoms with van der Waals surface area (Å²) < 4.78 is 5.82. The topological polar surface area (TPSA) is 70.7 Å². The molecule has 0 heterocycles. The lowest BCUT2D eigenvalue weighted by Crippen LogP contribution is -2.32. The summed E-state index contributed by atoms with van der Waals surface area (Å²) in [5.41, 5.74) is 3.19. The van der Waals surface area contributed by atoms with E-state index in [2.05, 4.69) is 24.5 Å². The van der Waals surface area contributed by atoms with Crippen LogP contribution >= 0.6 is 0 Å². The third-order valence-corrected chi connectivity index (χ3v) is 5.23. The number of carbonyl (C=O) groups excluding carboxylic acids is 2. The molecule has 3 aromatic rings. The van der Waals surface area contributed by atoms with Gasteiger partial charge in [-0.1, -0.05) is 50.2 Å². The SMILES string of the molecule is CCCN(CCC)C(=O)c1ccc(NCC(=O)Nc2cccc(OCc3ccccc3)c2)cc1. The summed E-state index contributed by atoms with van der Waals surface area (Å²) in [5.74, 6) is 0.565. The first kappa shape index (κ1) is 24.8. The molecule has 0 bridgehead atoms. The molecule has 178 valence electrons. The number of amides is 2. The first-order chi connectivity index (χ1) is 16.6. The van der Waals surface area contributed by atoms with E-state index in [4.69, 9.17) is 4.74 Å². The van der Waals surface area contributed by atoms with Crippen molar-refractivity contribution < 1.29 is 14.3 Å². The summed E-state index contributed by atoms with van der Waals surface area (Å²) in [6.45, 7) is 6.23. The van der Waals surface area contributed by atoms with Crippen molar-refractivity contribution in [2.24, 2.45) is 0 Å². The van der Waals surface area contributed by atoms with Gasteiger partial charge in [-0.2, -0.15) is 0 Å². The lowest BCUT2D eigenvalue weighted by molar-refractivity contribution is -0.114.